The number of nitrogens with two attached hydrogens (primary N) is 2. The number of amides is 2. The monoisotopic (exact) mass is 566 g/mol. The molecule has 0 unspecified atom stereocenters. The van der Waals surface area contributed by atoms with Crippen molar-refractivity contribution in [2.75, 3.05) is 31.1 Å². The van der Waals surface area contributed by atoms with Crippen molar-refractivity contribution in [2.45, 2.75) is 51.0 Å². The zero-order valence-corrected chi connectivity index (χ0v) is 23.0. The zero-order chi connectivity index (χ0) is 28.4. The highest BCUT2D eigenvalue weighted by Crippen LogP contribution is 2.27. The van der Waals surface area contributed by atoms with Crippen molar-refractivity contribution in [2.24, 2.45) is 4.99 Å². The Labute approximate surface area is 235 Å². The van der Waals surface area contributed by atoms with Gasteiger partial charge >= 0.3 is 0 Å². The number of nitrogens with one attached hydrogen (secondary N) is 2. The Kier molecular flexibility index (Phi) is 7.57. The van der Waals surface area contributed by atoms with E-state index in [1.54, 1.807) is 0 Å². The van der Waals surface area contributed by atoms with Gasteiger partial charge < -0.3 is 26.2 Å². The maximum atomic E-state index is 12.9. The number of piperidine rings is 1. The fourth-order valence-corrected chi connectivity index (χ4v) is 4.86. The Balaban J connectivity index is 1.09. The molecular formula is C26H31ClN10O3. The SMILES string of the molecule is CC(C)c1ccc(-c2noc(CCC(=O)N3CCC4(CC3)CN=C(NC(=O)c3nc(Cl)c(N)nc3N)N4)n2)cc1. The molecule has 40 heavy (non-hydrogen) atoms. The van der Waals surface area contributed by atoms with Crippen molar-refractivity contribution in [3.8, 4) is 11.4 Å². The molecule has 2 aromatic heterocycles. The predicted octanol–water partition coefficient (Wildman–Crippen LogP) is 2.15. The number of guanidine groups is 1. The van der Waals surface area contributed by atoms with E-state index >= 15 is 0 Å². The second-order valence-corrected chi connectivity index (χ2v) is 10.7. The Bertz CT molecular complexity index is 1450. The molecule has 2 amide bonds. The fourth-order valence-electron chi connectivity index (χ4n) is 4.74. The number of aromatic nitrogens is 4. The lowest BCUT2D eigenvalue weighted by molar-refractivity contribution is -0.132. The summed E-state index contributed by atoms with van der Waals surface area (Å²) >= 11 is 5.88. The molecule has 1 aromatic carbocycles. The number of anilines is 2. The molecule has 210 valence electrons. The summed E-state index contributed by atoms with van der Waals surface area (Å²) in [6.45, 7) is 5.88. The van der Waals surface area contributed by atoms with Crippen LogP contribution in [0.4, 0.5) is 11.6 Å². The van der Waals surface area contributed by atoms with E-state index in [1.165, 1.54) is 5.56 Å². The van der Waals surface area contributed by atoms with Crippen LogP contribution in [0.2, 0.25) is 5.15 Å². The van der Waals surface area contributed by atoms with Crippen molar-refractivity contribution in [3.63, 3.8) is 0 Å². The molecule has 3 aromatic rings. The molecular weight excluding hydrogens is 536 g/mol. The van der Waals surface area contributed by atoms with Gasteiger partial charge in [-0.25, -0.2) is 9.97 Å². The third-order valence-corrected chi connectivity index (χ3v) is 7.48. The normalized spacial score (nSPS) is 16.2. The number of carbonyl (C=O) groups excluding carboxylic acids is 2. The summed E-state index contributed by atoms with van der Waals surface area (Å²) in [6, 6.07) is 8.08. The third kappa shape index (κ3) is 5.83. The highest BCUT2D eigenvalue weighted by Gasteiger charge is 2.40. The summed E-state index contributed by atoms with van der Waals surface area (Å²) in [5.41, 5.74) is 13.0. The number of nitrogens with zero attached hydrogens (tertiary/aromatic N) is 6. The molecule has 5 rings (SSSR count). The van der Waals surface area contributed by atoms with Crippen LogP contribution >= 0.6 is 11.6 Å². The van der Waals surface area contributed by atoms with Gasteiger partial charge in [0.05, 0.1) is 12.1 Å². The van der Waals surface area contributed by atoms with E-state index in [-0.39, 0.29) is 40.3 Å². The second kappa shape index (κ2) is 11.1. The Morgan fingerprint density at radius 3 is 2.55 bits per heavy atom. The van der Waals surface area contributed by atoms with Gasteiger partial charge in [0.25, 0.3) is 5.91 Å². The molecule has 1 spiro atoms. The molecule has 0 bridgehead atoms. The average molecular weight is 567 g/mol. The van der Waals surface area contributed by atoms with Crippen LogP contribution in [-0.4, -0.2) is 68.0 Å². The lowest BCUT2D eigenvalue weighted by Crippen LogP contribution is -2.57. The van der Waals surface area contributed by atoms with Gasteiger partial charge in [-0.05, 0) is 24.3 Å². The highest BCUT2D eigenvalue weighted by molar-refractivity contribution is 6.31. The minimum atomic E-state index is -0.598. The van der Waals surface area contributed by atoms with E-state index < -0.39 is 5.91 Å². The van der Waals surface area contributed by atoms with Crippen molar-refractivity contribution in [1.82, 2.24) is 35.6 Å². The van der Waals surface area contributed by atoms with E-state index in [0.29, 0.717) is 62.5 Å². The molecule has 1 fully saturated rings. The van der Waals surface area contributed by atoms with Gasteiger partial charge in [-0.2, -0.15) is 4.98 Å². The van der Waals surface area contributed by atoms with Crippen LogP contribution in [0.3, 0.4) is 0 Å². The first-order chi connectivity index (χ1) is 19.1. The smallest absolute Gasteiger partial charge is 0.280 e. The van der Waals surface area contributed by atoms with E-state index in [1.807, 2.05) is 17.0 Å². The molecule has 1 saturated heterocycles. The van der Waals surface area contributed by atoms with Crippen molar-refractivity contribution in [1.29, 1.82) is 0 Å². The molecule has 0 saturated carbocycles. The van der Waals surface area contributed by atoms with Crippen LogP contribution < -0.4 is 22.1 Å². The minimum Gasteiger partial charge on any atom is -0.382 e. The topological polar surface area (TPSA) is 191 Å². The first-order valence-corrected chi connectivity index (χ1v) is 13.4. The van der Waals surface area contributed by atoms with E-state index in [0.717, 1.165) is 5.56 Å². The molecule has 13 nitrogen and oxygen atoms in total. The van der Waals surface area contributed by atoms with E-state index in [2.05, 4.69) is 61.7 Å². The van der Waals surface area contributed by atoms with Crippen LogP contribution in [0.15, 0.2) is 33.8 Å². The van der Waals surface area contributed by atoms with Gasteiger partial charge in [-0.1, -0.05) is 54.9 Å². The van der Waals surface area contributed by atoms with Crippen LogP contribution in [0, 0.1) is 0 Å². The summed E-state index contributed by atoms with van der Waals surface area (Å²) < 4.78 is 5.38. The number of nitrogen functional groups attached to an aromatic ring is 2. The third-order valence-electron chi connectivity index (χ3n) is 7.20. The number of rotatable bonds is 6. The molecule has 14 heteroatoms. The number of halogens is 1. The maximum absolute atomic E-state index is 12.9. The van der Waals surface area contributed by atoms with Crippen LogP contribution in [0.25, 0.3) is 11.4 Å². The predicted molar refractivity (Wildman–Crippen MR) is 149 cm³/mol. The molecule has 2 aliphatic heterocycles. The van der Waals surface area contributed by atoms with Crippen molar-refractivity contribution < 1.29 is 14.1 Å². The van der Waals surface area contributed by atoms with Crippen molar-refractivity contribution in [3.05, 3.63) is 46.6 Å². The fraction of sp³-hybridized carbons (Fsp3) is 0.423. The summed E-state index contributed by atoms with van der Waals surface area (Å²) in [5, 5.41) is 9.92. The lowest BCUT2D eigenvalue weighted by atomic mass is 9.88. The van der Waals surface area contributed by atoms with Crippen molar-refractivity contribution >= 4 is 41.0 Å². The quantitative estimate of drug-likeness (QED) is 0.344. The van der Waals surface area contributed by atoms with Crippen LogP contribution in [0.5, 0.6) is 0 Å². The molecule has 6 N–H and O–H groups in total. The Morgan fingerprint density at radius 2 is 1.85 bits per heavy atom. The summed E-state index contributed by atoms with van der Waals surface area (Å²) in [7, 11) is 0. The van der Waals surface area contributed by atoms with Crippen LogP contribution in [0.1, 0.15) is 61.0 Å². The Morgan fingerprint density at radius 1 is 1.12 bits per heavy atom. The number of hydrogen-bond acceptors (Lipinski definition) is 11. The minimum absolute atomic E-state index is 0.0256. The number of aryl methyl sites for hydroxylation is 1. The maximum Gasteiger partial charge on any atom is 0.280 e. The van der Waals surface area contributed by atoms with Gasteiger partial charge in [0.2, 0.25) is 17.6 Å². The van der Waals surface area contributed by atoms with E-state index in [4.69, 9.17) is 27.6 Å². The summed E-state index contributed by atoms with van der Waals surface area (Å²) in [6.07, 6.45) is 2.00. The molecule has 2 aliphatic rings. The molecule has 0 atom stereocenters. The van der Waals surface area contributed by atoms with Crippen LogP contribution in [-0.2, 0) is 11.2 Å². The largest absolute Gasteiger partial charge is 0.382 e. The standard InChI is InChI=1S/C26H31ClN10O3/c1-14(2)15-3-5-16(6-4-15)23-31-17(40-36-23)7-8-18(38)37-11-9-26(10-12-37)13-30-25(35-26)34-24(39)19-21(28)33-22(29)20(27)32-19/h3-6,14H,7-13H2,1-2H3,(H4,28,29,33)(H2,30,34,35,39). The molecule has 4 heterocycles. The zero-order valence-electron chi connectivity index (χ0n) is 22.3. The number of benzene rings is 1. The second-order valence-electron chi connectivity index (χ2n) is 10.3. The van der Waals surface area contributed by atoms with Gasteiger partial charge in [0, 0.05) is 31.5 Å². The number of hydrogen-bond donors (Lipinski definition) is 4. The average Bonchev–Trinajstić information content (AvgIpc) is 3.57. The first kappa shape index (κ1) is 27.3. The first-order valence-electron chi connectivity index (χ1n) is 13.1. The molecule has 0 aliphatic carbocycles. The van der Waals surface area contributed by atoms with E-state index in [9.17, 15) is 9.59 Å². The lowest BCUT2D eigenvalue weighted by Gasteiger charge is -2.39. The van der Waals surface area contributed by atoms with Gasteiger partial charge in [0.15, 0.2) is 28.4 Å². The highest BCUT2D eigenvalue weighted by atomic mass is 35.5. The Hall–Kier alpha value is -4.26. The number of likely N-dealkylation sites (tertiary alicyclic amines) is 1. The summed E-state index contributed by atoms with van der Waals surface area (Å²) in [4.78, 5) is 44.0. The van der Waals surface area contributed by atoms with Gasteiger partial charge in [-0.3, -0.25) is 19.9 Å². The molecule has 0 radical (unpaired) electrons. The van der Waals surface area contributed by atoms with Gasteiger partial charge in [0.1, 0.15) is 0 Å². The number of aliphatic imine (C=N–C) groups is 1. The number of carbonyl (C=O) groups is 2. The van der Waals surface area contributed by atoms with Gasteiger partial charge in [-0.15, -0.1) is 0 Å². The summed E-state index contributed by atoms with van der Waals surface area (Å²) in [5.74, 6) is 0.951.